The molecule has 2 aromatic carbocycles. The zero-order valence-corrected chi connectivity index (χ0v) is 22.0. The summed E-state index contributed by atoms with van der Waals surface area (Å²) in [5, 5.41) is 6.76. The minimum absolute atomic E-state index is 0.0980. The molecule has 0 fully saturated rings. The number of hydrogen-bond acceptors (Lipinski definition) is 4. The highest BCUT2D eigenvalue weighted by atomic mass is 35.5. The molecule has 2 unspecified atom stereocenters. The Hall–Kier alpha value is -2.77. The summed E-state index contributed by atoms with van der Waals surface area (Å²) in [6.45, 7) is 7.50. The molecule has 4 N–H and O–H groups in total. The van der Waals surface area contributed by atoms with E-state index in [4.69, 9.17) is 33.7 Å². The summed E-state index contributed by atoms with van der Waals surface area (Å²) in [4.78, 5) is 36.6. The maximum absolute atomic E-state index is 12.9. The van der Waals surface area contributed by atoms with Gasteiger partial charge in [0.2, 0.25) is 17.7 Å². The van der Waals surface area contributed by atoms with E-state index < -0.39 is 23.4 Å². The fourth-order valence-electron chi connectivity index (χ4n) is 3.21. The van der Waals surface area contributed by atoms with Crippen LogP contribution < -0.4 is 21.1 Å². The summed E-state index contributed by atoms with van der Waals surface area (Å²) in [6.07, 6.45) is 0.701. The van der Waals surface area contributed by atoms with Crippen molar-refractivity contribution >= 4 is 40.9 Å². The zero-order chi connectivity index (χ0) is 26.2. The average molecular weight is 522 g/mol. The minimum Gasteiger partial charge on any atom is -0.489 e. The summed E-state index contributed by atoms with van der Waals surface area (Å²) in [5.74, 6) is -0.870. The van der Waals surface area contributed by atoms with Crippen LogP contribution in [0.5, 0.6) is 5.75 Å². The van der Waals surface area contributed by atoms with Gasteiger partial charge in [-0.3, -0.25) is 14.4 Å². The van der Waals surface area contributed by atoms with E-state index in [-0.39, 0.29) is 31.3 Å². The minimum atomic E-state index is -0.778. The number of nitrogens with one attached hydrogen (secondary N) is 2. The molecule has 0 saturated heterocycles. The van der Waals surface area contributed by atoms with Gasteiger partial charge < -0.3 is 21.1 Å². The first kappa shape index (κ1) is 28.5. The average Bonchev–Trinajstić information content (AvgIpc) is 2.76. The predicted molar refractivity (Wildman–Crippen MR) is 138 cm³/mol. The van der Waals surface area contributed by atoms with Gasteiger partial charge in [0.05, 0.1) is 0 Å². The van der Waals surface area contributed by atoms with Crippen LogP contribution >= 0.6 is 23.2 Å². The number of carbonyl (C=O) groups excluding carboxylic acids is 3. The lowest BCUT2D eigenvalue weighted by atomic mass is 10.0. The van der Waals surface area contributed by atoms with E-state index in [0.29, 0.717) is 27.8 Å². The van der Waals surface area contributed by atoms with Gasteiger partial charge in [-0.2, -0.15) is 0 Å². The number of hydrogen-bond donors (Lipinski definition) is 3. The van der Waals surface area contributed by atoms with Crippen molar-refractivity contribution in [1.29, 1.82) is 0 Å². The molecule has 35 heavy (non-hydrogen) atoms. The Morgan fingerprint density at radius 3 is 2.17 bits per heavy atom. The molecular formula is C26H33Cl2N3O4. The van der Waals surface area contributed by atoms with E-state index in [1.54, 1.807) is 37.3 Å². The molecule has 0 spiro atoms. The van der Waals surface area contributed by atoms with Crippen molar-refractivity contribution in [3.63, 3.8) is 0 Å². The van der Waals surface area contributed by atoms with Crippen molar-refractivity contribution in [1.82, 2.24) is 10.6 Å². The third-order valence-electron chi connectivity index (χ3n) is 5.25. The Labute approximate surface area is 216 Å². The van der Waals surface area contributed by atoms with Gasteiger partial charge in [-0.1, -0.05) is 48.3 Å². The number of primary amides is 1. The second kappa shape index (κ2) is 12.8. The van der Waals surface area contributed by atoms with E-state index in [9.17, 15) is 14.4 Å². The number of rotatable bonds is 11. The predicted octanol–water partition coefficient (Wildman–Crippen LogP) is 4.42. The molecule has 0 bridgehead atoms. The molecule has 9 heteroatoms. The van der Waals surface area contributed by atoms with Gasteiger partial charge >= 0.3 is 0 Å². The van der Waals surface area contributed by atoms with Crippen LogP contribution in [0.15, 0.2) is 42.5 Å². The van der Waals surface area contributed by atoms with Gasteiger partial charge in [0.1, 0.15) is 18.4 Å². The molecule has 0 aromatic heterocycles. The van der Waals surface area contributed by atoms with Crippen LogP contribution in [0.25, 0.3) is 0 Å². The first-order valence-electron chi connectivity index (χ1n) is 11.4. The molecule has 0 radical (unpaired) electrons. The van der Waals surface area contributed by atoms with E-state index in [2.05, 4.69) is 10.6 Å². The van der Waals surface area contributed by atoms with Crippen molar-refractivity contribution in [2.45, 2.75) is 65.1 Å². The number of halogens is 2. The molecule has 2 aromatic rings. The van der Waals surface area contributed by atoms with E-state index >= 15 is 0 Å². The van der Waals surface area contributed by atoms with Gasteiger partial charge in [-0.25, -0.2) is 0 Å². The second-order valence-corrected chi connectivity index (χ2v) is 10.4. The van der Waals surface area contributed by atoms with Crippen molar-refractivity contribution in [3.05, 3.63) is 63.6 Å². The number of benzene rings is 2. The standard InChI is InChI=1S/C26H33Cl2N3O4/c1-16(24(29)33)8-13-23(32)30-22(25(34)31-26(2,3)4)14-17-9-11-18(12-10-17)35-15-19-20(27)6-5-7-21(19)28/h5-7,9-12,16,22H,8,13-15H2,1-4H3,(H2,29,33)(H,30,32)(H,31,34). The summed E-state index contributed by atoms with van der Waals surface area (Å²) >= 11 is 12.4. The number of carbonyl (C=O) groups is 3. The topological polar surface area (TPSA) is 111 Å². The third kappa shape index (κ3) is 9.78. The van der Waals surface area contributed by atoms with Crippen LogP contribution in [0.2, 0.25) is 10.0 Å². The highest BCUT2D eigenvalue weighted by Gasteiger charge is 2.25. The van der Waals surface area contributed by atoms with E-state index in [1.165, 1.54) is 0 Å². The molecule has 0 saturated carbocycles. The molecule has 0 aliphatic rings. The fraction of sp³-hybridized carbons (Fsp3) is 0.423. The first-order valence-corrected chi connectivity index (χ1v) is 12.2. The first-order chi connectivity index (χ1) is 16.4. The maximum atomic E-state index is 12.9. The molecule has 3 amide bonds. The van der Waals surface area contributed by atoms with Crippen molar-refractivity contribution in [2.75, 3.05) is 0 Å². The smallest absolute Gasteiger partial charge is 0.243 e. The zero-order valence-electron chi connectivity index (χ0n) is 20.5. The fourth-order valence-corrected chi connectivity index (χ4v) is 3.71. The van der Waals surface area contributed by atoms with Crippen LogP contribution in [0.1, 0.15) is 51.7 Å². The maximum Gasteiger partial charge on any atom is 0.243 e. The van der Waals surface area contributed by atoms with E-state index in [0.717, 1.165) is 5.56 Å². The molecule has 0 aliphatic heterocycles. The van der Waals surface area contributed by atoms with Gasteiger partial charge in [0.15, 0.2) is 0 Å². The lowest BCUT2D eigenvalue weighted by molar-refractivity contribution is -0.130. The molecule has 0 heterocycles. The highest BCUT2D eigenvalue weighted by Crippen LogP contribution is 2.26. The molecule has 2 atom stereocenters. The SMILES string of the molecule is CC(CCC(=O)NC(Cc1ccc(OCc2c(Cl)cccc2Cl)cc1)C(=O)NC(C)(C)C)C(N)=O. The Balaban J connectivity index is 2.05. The van der Waals surface area contributed by atoms with Crippen molar-refractivity contribution in [2.24, 2.45) is 11.7 Å². The highest BCUT2D eigenvalue weighted by molar-refractivity contribution is 6.35. The van der Waals surface area contributed by atoms with Crippen LogP contribution in [-0.4, -0.2) is 29.3 Å². The quantitative estimate of drug-likeness (QED) is 0.406. The van der Waals surface area contributed by atoms with Gasteiger partial charge in [-0.15, -0.1) is 0 Å². The van der Waals surface area contributed by atoms with Crippen LogP contribution in [0.4, 0.5) is 0 Å². The normalized spacial score (nSPS) is 13.0. The summed E-state index contributed by atoms with van der Waals surface area (Å²) in [7, 11) is 0. The van der Waals surface area contributed by atoms with E-state index in [1.807, 2.05) is 32.9 Å². The number of nitrogens with two attached hydrogens (primary N) is 1. The second-order valence-electron chi connectivity index (χ2n) is 9.54. The summed E-state index contributed by atoms with van der Waals surface area (Å²) < 4.78 is 5.81. The van der Waals surface area contributed by atoms with Gasteiger partial charge in [-0.05, 0) is 57.0 Å². The molecule has 2 rings (SSSR count). The molecule has 7 nitrogen and oxygen atoms in total. The van der Waals surface area contributed by atoms with Crippen LogP contribution in [0.3, 0.4) is 0 Å². The summed E-state index contributed by atoms with van der Waals surface area (Å²) in [5.41, 5.74) is 6.35. The Bertz CT molecular complexity index is 1020. The Morgan fingerprint density at radius 2 is 1.63 bits per heavy atom. The number of amides is 3. The van der Waals surface area contributed by atoms with Crippen molar-refractivity contribution in [3.8, 4) is 5.75 Å². The van der Waals surface area contributed by atoms with Crippen LogP contribution in [0, 0.1) is 5.92 Å². The van der Waals surface area contributed by atoms with Crippen LogP contribution in [-0.2, 0) is 27.4 Å². The molecule has 190 valence electrons. The van der Waals surface area contributed by atoms with Crippen molar-refractivity contribution < 1.29 is 19.1 Å². The lowest BCUT2D eigenvalue weighted by Gasteiger charge is -2.26. The summed E-state index contributed by atoms with van der Waals surface area (Å²) in [6, 6.07) is 11.7. The molecule has 0 aliphatic carbocycles. The molecular weight excluding hydrogens is 489 g/mol. The van der Waals surface area contributed by atoms with Gasteiger partial charge in [0.25, 0.3) is 0 Å². The Morgan fingerprint density at radius 1 is 1.03 bits per heavy atom. The largest absolute Gasteiger partial charge is 0.489 e. The lowest BCUT2D eigenvalue weighted by Crippen LogP contribution is -2.53. The monoisotopic (exact) mass is 521 g/mol. The number of ether oxygens (including phenoxy) is 1. The third-order valence-corrected chi connectivity index (χ3v) is 5.96. The Kier molecular flexibility index (Phi) is 10.4. The van der Waals surface area contributed by atoms with Gasteiger partial charge in [0, 0.05) is 39.9 Å².